The van der Waals surface area contributed by atoms with E-state index in [-0.39, 0.29) is 18.5 Å². The summed E-state index contributed by atoms with van der Waals surface area (Å²) in [6.45, 7) is 1.16. The van der Waals surface area contributed by atoms with E-state index in [0.717, 1.165) is 51.5 Å². The monoisotopic (exact) mass is 470 g/mol. The van der Waals surface area contributed by atoms with Gasteiger partial charge >= 0.3 is 17.8 Å². The number of benzene rings is 2. The quantitative estimate of drug-likeness (QED) is 0.493. The van der Waals surface area contributed by atoms with Crippen LogP contribution in [0.5, 0.6) is 0 Å². The molecule has 2 heterocycles. The Labute approximate surface area is 203 Å². The Hall–Kier alpha value is -4.07. The maximum absolute atomic E-state index is 13.5. The van der Waals surface area contributed by atoms with Crippen LogP contribution in [-0.4, -0.2) is 57.4 Å². The van der Waals surface area contributed by atoms with Gasteiger partial charge in [0, 0.05) is 12.5 Å². The van der Waals surface area contributed by atoms with Gasteiger partial charge in [-0.15, -0.1) is 0 Å². The number of hydrogen-bond acceptors (Lipinski definition) is 5. The zero-order valence-electron chi connectivity index (χ0n) is 19.5. The highest BCUT2D eigenvalue weighted by Crippen LogP contribution is 2.44. The fourth-order valence-electron chi connectivity index (χ4n) is 5.12. The largest absolute Gasteiger partial charge is 0.334 e. The minimum atomic E-state index is -0.976. The predicted octanol–water partition coefficient (Wildman–Crippen LogP) is 3.62. The lowest BCUT2D eigenvalue weighted by Gasteiger charge is -2.30. The molecule has 0 aromatic heterocycles. The van der Waals surface area contributed by atoms with Crippen LogP contribution < -0.4 is 0 Å². The standard InChI is InChI=1S/C27H26N4O4/c1-2-29-25(33)26(34)30(27(29)35)17-22(32)31-24(19-12-7-4-8-13-19)21-15-9-14-20(23(21)28-31)16-18-10-5-3-6-11-18/h3-8,10-13,16,21,24H,2,9,14-15,17H2,1H3/b20-16-/t21-,24+/m0/s1. The van der Waals surface area contributed by atoms with Crippen molar-refractivity contribution < 1.29 is 19.2 Å². The normalized spacial score (nSPS) is 23.2. The molecule has 178 valence electrons. The van der Waals surface area contributed by atoms with Crippen molar-refractivity contribution in [2.24, 2.45) is 11.0 Å². The molecular weight excluding hydrogens is 444 g/mol. The van der Waals surface area contributed by atoms with Gasteiger partial charge in [-0.2, -0.15) is 5.10 Å². The number of imide groups is 2. The van der Waals surface area contributed by atoms with Gasteiger partial charge in [0.2, 0.25) is 0 Å². The van der Waals surface area contributed by atoms with E-state index < -0.39 is 30.3 Å². The Morgan fingerprint density at radius 2 is 1.63 bits per heavy atom. The first-order chi connectivity index (χ1) is 17.0. The molecule has 0 bridgehead atoms. The van der Waals surface area contributed by atoms with Crippen LogP contribution in [0, 0.1) is 5.92 Å². The summed E-state index contributed by atoms with van der Waals surface area (Å²) < 4.78 is 0. The second kappa shape index (κ2) is 9.29. The smallest absolute Gasteiger partial charge is 0.271 e. The van der Waals surface area contributed by atoms with Gasteiger partial charge < -0.3 is 0 Å². The van der Waals surface area contributed by atoms with E-state index in [1.807, 2.05) is 60.7 Å². The van der Waals surface area contributed by atoms with Gasteiger partial charge in [-0.1, -0.05) is 60.7 Å². The number of likely N-dealkylation sites (N-methyl/N-ethyl adjacent to an activating group) is 1. The first-order valence-electron chi connectivity index (χ1n) is 11.9. The van der Waals surface area contributed by atoms with Crippen molar-refractivity contribution in [1.82, 2.24) is 14.8 Å². The summed E-state index contributed by atoms with van der Waals surface area (Å²) in [6, 6.07) is 18.6. The van der Waals surface area contributed by atoms with Crippen molar-refractivity contribution in [3.05, 3.63) is 77.4 Å². The molecule has 0 N–H and O–H groups in total. The molecule has 0 unspecified atom stereocenters. The fourth-order valence-corrected chi connectivity index (χ4v) is 5.12. The van der Waals surface area contributed by atoms with E-state index in [1.165, 1.54) is 5.01 Å². The summed E-state index contributed by atoms with van der Waals surface area (Å²) in [5.41, 5.74) is 3.96. The lowest BCUT2D eigenvalue weighted by Crippen LogP contribution is -2.42. The summed E-state index contributed by atoms with van der Waals surface area (Å²) >= 11 is 0. The molecular formula is C27H26N4O4. The molecule has 3 aliphatic rings. The molecule has 8 heteroatoms. The van der Waals surface area contributed by atoms with Crippen molar-refractivity contribution in [1.29, 1.82) is 0 Å². The first-order valence-corrected chi connectivity index (χ1v) is 11.9. The molecule has 8 nitrogen and oxygen atoms in total. The van der Waals surface area contributed by atoms with Crippen LogP contribution in [0.1, 0.15) is 43.4 Å². The molecule has 0 radical (unpaired) electrons. The summed E-state index contributed by atoms with van der Waals surface area (Å²) in [6.07, 6.45) is 4.82. The maximum Gasteiger partial charge on any atom is 0.334 e. The second-order valence-corrected chi connectivity index (χ2v) is 8.88. The average Bonchev–Trinajstić information content (AvgIpc) is 3.37. The zero-order chi connectivity index (χ0) is 24.5. The van der Waals surface area contributed by atoms with E-state index >= 15 is 0 Å². The molecule has 2 aromatic carbocycles. The Bertz CT molecular complexity index is 1240. The summed E-state index contributed by atoms with van der Waals surface area (Å²) in [4.78, 5) is 52.2. The van der Waals surface area contributed by atoms with Crippen LogP contribution >= 0.6 is 0 Å². The van der Waals surface area contributed by atoms with Crippen LogP contribution in [0.3, 0.4) is 0 Å². The lowest BCUT2D eigenvalue weighted by atomic mass is 9.77. The van der Waals surface area contributed by atoms with Crippen molar-refractivity contribution in [2.45, 2.75) is 32.2 Å². The van der Waals surface area contributed by atoms with E-state index in [2.05, 4.69) is 6.08 Å². The highest BCUT2D eigenvalue weighted by Gasteiger charge is 2.48. The number of hydrazone groups is 1. The molecule has 1 saturated carbocycles. The summed E-state index contributed by atoms with van der Waals surface area (Å²) in [5.74, 6) is -2.37. The maximum atomic E-state index is 13.5. The van der Waals surface area contributed by atoms with E-state index in [4.69, 9.17) is 5.10 Å². The third-order valence-corrected chi connectivity index (χ3v) is 6.78. The number of hydrogen-bond donors (Lipinski definition) is 0. The summed E-state index contributed by atoms with van der Waals surface area (Å²) in [5, 5.41) is 6.20. The van der Waals surface area contributed by atoms with Crippen molar-refractivity contribution >= 4 is 35.5 Å². The van der Waals surface area contributed by atoms with Gasteiger partial charge in [0.05, 0.1) is 11.8 Å². The molecule has 1 aliphatic carbocycles. The van der Waals surface area contributed by atoms with Crippen LogP contribution in [-0.2, 0) is 14.4 Å². The van der Waals surface area contributed by atoms with Crippen molar-refractivity contribution in [2.75, 3.05) is 13.1 Å². The molecule has 1 saturated heterocycles. The number of urea groups is 1. The number of allylic oxidation sites excluding steroid dienone is 1. The third-order valence-electron chi connectivity index (χ3n) is 6.78. The zero-order valence-corrected chi connectivity index (χ0v) is 19.5. The molecule has 0 spiro atoms. The van der Waals surface area contributed by atoms with E-state index in [0.29, 0.717) is 0 Å². The number of nitrogens with zero attached hydrogens (tertiary/aromatic N) is 4. The van der Waals surface area contributed by atoms with E-state index in [9.17, 15) is 19.2 Å². The first kappa shape index (κ1) is 22.7. The second-order valence-electron chi connectivity index (χ2n) is 8.88. The van der Waals surface area contributed by atoms with Gasteiger partial charge in [-0.25, -0.2) is 14.7 Å². The molecule has 35 heavy (non-hydrogen) atoms. The molecule has 2 atom stereocenters. The SMILES string of the molecule is CCN1C(=O)C(=O)N(CC(=O)N2N=C3/C(=C\c4ccccc4)CCC[C@@H]3[C@H]2c2ccccc2)C1=O. The van der Waals surface area contributed by atoms with Crippen LogP contribution in [0.2, 0.25) is 0 Å². The van der Waals surface area contributed by atoms with Crippen molar-refractivity contribution in [3.63, 3.8) is 0 Å². The van der Waals surface area contributed by atoms with Crippen molar-refractivity contribution in [3.8, 4) is 0 Å². The van der Waals surface area contributed by atoms with Gasteiger partial charge in [0.1, 0.15) is 6.54 Å². The van der Waals surface area contributed by atoms with Crippen LogP contribution in [0.15, 0.2) is 71.3 Å². The fraction of sp³-hybridized carbons (Fsp3) is 0.296. The molecule has 5 rings (SSSR count). The molecule has 2 aromatic rings. The summed E-state index contributed by atoms with van der Waals surface area (Å²) in [7, 11) is 0. The third kappa shape index (κ3) is 4.05. The Morgan fingerprint density at radius 3 is 2.29 bits per heavy atom. The number of amides is 5. The highest BCUT2D eigenvalue weighted by molar-refractivity contribution is 6.45. The Kier molecular flexibility index (Phi) is 6.03. The van der Waals surface area contributed by atoms with Crippen LogP contribution in [0.25, 0.3) is 6.08 Å². The van der Waals surface area contributed by atoms with Gasteiger partial charge in [-0.3, -0.25) is 19.3 Å². The lowest BCUT2D eigenvalue weighted by molar-refractivity contribution is -0.145. The Morgan fingerprint density at radius 1 is 0.971 bits per heavy atom. The van der Waals surface area contributed by atoms with Gasteiger partial charge in [0.15, 0.2) is 0 Å². The van der Waals surface area contributed by atoms with Gasteiger partial charge in [-0.05, 0) is 49.0 Å². The number of rotatable bonds is 5. The van der Waals surface area contributed by atoms with Gasteiger partial charge in [0.25, 0.3) is 5.91 Å². The topological polar surface area (TPSA) is 90.4 Å². The molecule has 5 amide bonds. The minimum absolute atomic E-state index is 0.00353. The predicted molar refractivity (Wildman–Crippen MR) is 130 cm³/mol. The molecule has 2 aliphatic heterocycles. The Balaban J connectivity index is 1.49. The number of carbonyl (C=O) groups excluding carboxylic acids is 4. The molecule has 2 fully saturated rings. The highest BCUT2D eigenvalue weighted by atomic mass is 16.2. The average molecular weight is 471 g/mol. The number of fused-ring (bicyclic) bond motifs is 1. The van der Waals surface area contributed by atoms with E-state index in [1.54, 1.807) is 6.92 Å². The van der Waals surface area contributed by atoms with Crippen LogP contribution in [0.4, 0.5) is 4.79 Å². The number of carbonyl (C=O) groups is 4. The minimum Gasteiger partial charge on any atom is -0.271 e.